The summed E-state index contributed by atoms with van der Waals surface area (Å²) in [5.41, 5.74) is 3.34. The van der Waals surface area contributed by atoms with E-state index in [1.807, 2.05) is 31.2 Å². The average Bonchev–Trinajstić information content (AvgIpc) is 2.82. The van der Waals surface area contributed by atoms with Crippen LogP contribution in [0.4, 0.5) is 0 Å². The van der Waals surface area contributed by atoms with E-state index in [-0.39, 0.29) is 11.8 Å². The minimum absolute atomic E-state index is 0.361. The predicted molar refractivity (Wildman–Crippen MR) is 84.1 cm³/mol. The van der Waals surface area contributed by atoms with Crippen molar-refractivity contribution < 1.29 is 14.3 Å². The van der Waals surface area contributed by atoms with Crippen LogP contribution in [0.2, 0.25) is 0 Å². The molecule has 4 heteroatoms. The number of hydrogen-bond donors (Lipinski definition) is 1. The van der Waals surface area contributed by atoms with Crippen molar-refractivity contribution in [2.75, 3.05) is 7.11 Å². The Morgan fingerprint density at radius 2 is 1.23 bits per heavy atom. The number of hydrogen-bond acceptors (Lipinski definition) is 3. The van der Waals surface area contributed by atoms with Crippen LogP contribution in [0, 0.1) is 6.92 Å². The normalized spacial score (nSPS) is 14.3. The van der Waals surface area contributed by atoms with Gasteiger partial charge in [-0.3, -0.25) is 14.9 Å². The number of carbonyl (C=O) groups is 2. The van der Waals surface area contributed by atoms with E-state index in [9.17, 15) is 9.59 Å². The van der Waals surface area contributed by atoms with Crippen molar-refractivity contribution in [3.05, 3.63) is 65.2 Å². The number of amides is 2. The molecule has 0 radical (unpaired) electrons. The van der Waals surface area contributed by atoms with Gasteiger partial charge in [-0.05, 0) is 30.2 Å². The molecule has 0 aromatic heterocycles. The van der Waals surface area contributed by atoms with Gasteiger partial charge in [0.15, 0.2) is 0 Å². The standard InChI is InChI=1S/C18H15NO3/c1-11-3-5-12(6-4-11)15-16(18(21)19-17(15)20)13-7-9-14(22-2)10-8-13/h3-10H,1-2H3,(H,19,20,21). The Kier molecular flexibility index (Phi) is 3.51. The average molecular weight is 293 g/mol. The number of carbonyl (C=O) groups excluding carboxylic acids is 2. The molecule has 1 aliphatic rings. The van der Waals surface area contributed by atoms with E-state index < -0.39 is 0 Å². The molecule has 0 saturated heterocycles. The third kappa shape index (κ3) is 2.39. The molecule has 110 valence electrons. The molecule has 3 rings (SSSR count). The Labute approximate surface area is 128 Å². The molecule has 1 heterocycles. The van der Waals surface area contributed by atoms with Crippen molar-refractivity contribution in [2.24, 2.45) is 0 Å². The number of ether oxygens (including phenoxy) is 1. The van der Waals surface area contributed by atoms with Gasteiger partial charge in [0.1, 0.15) is 5.75 Å². The van der Waals surface area contributed by atoms with Gasteiger partial charge in [0.25, 0.3) is 11.8 Å². The molecule has 0 fully saturated rings. The van der Waals surface area contributed by atoms with Crippen LogP contribution in [0.1, 0.15) is 16.7 Å². The Balaban J connectivity index is 2.15. The lowest BCUT2D eigenvalue weighted by Crippen LogP contribution is -2.22. The molecular weight excluding hydrogens is 278 g/mol. The minimum Gasteiger partial charge on any atom is -0.497 e. The van der Waals surface area contributed by atoms with Crippen molar-refractivity contribution in [3.8, 4) is 5.75 Å². The van der Waals surface area contributed by atoms with E-state index in [0.717, 1.165) is 11.1 Å². The summed E-state index contributed by atoms with van der Waals surface area (Å²) in [4.78, 5) is 24.3. The Morgan fingerprint density at radius 3 is 1.68 bits per heavy atom. The highest BCUT2D eigenvalue weighted by molar-refractivity contribution is 6.49. The molecular formula is C18H15NO3. The molecule has 0 spiro atoms. The number of rotatable bonds is 3. The monoisotopic (exact) mass is 293 g/mol. The first-order valence-corrected chi connectivity index (χ1v) is 6.91. The van der Waals surface area contributed by atoms with Crippen molar-refractivity contribution in [1.82, 2.24) is 5.32 Å². The Morgan fingerprint density at radius 1 is 0.773 bits per heavy atom. The molecule has 0 bridgehead atoms. The molecule has 0 saturated carbocycles. The predicted octanol–water partition coefficient (Wildman–Crippen LogP) is 2.57. The maximum absolute atomic E-state index is 12.2. The highest BCUT2D eigenvalue weighted by Gasteiger charge is 2.31. The van der Waals surface area contributed by atoms with Gasteiger partial charge in [0.05, 0.1) is 18.3 Å². The smallest absolute Gasteiger partial charge is 0.259 e. The maximum Gasteiger partial charge on any atom is 0.259 e. The summed E-state index contributed by atoms with van der Waals surface area (Å²) in [5, 5.41) is 2.37. The first-order valence-electron chi connectivity index (χ1n) is 6.91. The fraction of sp³-hybridized carbons (Fsp3) is 0.111. The third-order valence-electron chi connectivity index (χ3n) is 3.65. The lowest BCUT2D eigenvalue weighted by Gasteiger charge is -2.06. The van der Waals surface area contributed by atoms with Crippen LogP contribution >= 0.6 is 0 Å². The number of imide groups is 1. The third-order valence-corrected chi connectivity index (χ3v) is 3.65. The van der Waals surface area contributed by atoms with E-state index >= 15 is 0 Å². The molecule has 0 aliphatic carbocycles. The maximum atomic E-state index is 12.2. The van der Waals surface area contributed by atoms with E-state index in [1.165, 1.54) is 0 Å². The van der Waals surface area contributed by atoms with E-state index in [2.05, 4.69) is 5.32 Å². The summed E-state index contributed by atoms with van der Waals surface area (Å²) >= 11 is 0. The van der Waals surface area contributed by atoms with Gasteiger partial charge < -0.3 is 4.74 Å². The van der Waals surface area contributed by atoms with Gasteiger partial charge in [-0.1, -0.05) is 42.0 Å². The van der Waals surface area contributed by atoms with Gasteiger partial charge in [-0.25, -0.2) is 0 Å². The van der Waals surface area contributed by atoms with Gasteiger partial charge in [-0.2, -0.15) is 0 Å². The van der Waals surface area contributed by atoms with Crippen LogP contribution in [-0.4, -0.2) is 18.9 Å². The lowest BCUT2D eigenvalue weighted by molar-refractivity contribution is -0.122. The van der Waals surface area contributed by atoms with Gasteiger partial charge >= 0.3 is 0 Å². The SMILES string of the molecule is COc1ccc(C2=C(c3ccc(C)cc3)C(=O)NC2=O)cc1. The summed E-state index contributed by atoms with van der Waals surface area (Å²) in [5.74, 6) is -0.0311. The number of nitrogens with one attached hydrogen (secondary N) is 1. The second kappa shape index (κ2) is 5.48. The largest absolute Gasteiger partial charge is 0.497 e. The summed E-state index contributed by atoms with van der Waals surface area (Å²) in [6.45, 7) is 1.97. The fourth-order valence-electron chi connectivity index (χ4n) is 2.48. The summed E-state index contributed by atoms with van der Waals surface area (Å²) < 4.78 is 5.12. The van der Waals surface area contributed by atoms with Gasteiger partial charge in [-0.15, -0.1) is 0 Å². The lowest BCUT2D eigenvalue weighted by atomic mass is 9.96. The number of benzene rings is 2. The van der Waals surface area contributed by atoms with Gasteiger partial charge in [0.2, 0.25) is 0 Å². The van der Waals surface area contributed by atoms with Crippen molar-refractivity contribution >= 4 is 23.0 Å². The Bertz CT molecular complexity index is 771. The van der Waals surface area contributed by atoms with Gasteiger partial charge in [0, 0.05) is 0 Å². The summed E-state index contributed by atoms with van der Waals surface area (Å²) in [7, 11) is 1.58. The van der Waals surface area contributed by atoms with E-state index in [1.54, 1.807) is 31.4 Å². The van der Waals surface area contributed by atoms with Crippen molar-refractivity contribution in [2.45, 2.75) is 6.92 Å². The first kappa shape index (κ1) is 14.1. The zero-order valence-electron chi connectivity index (χ0n) is 12.3. The topological polar surface area (TPSA) is 55.4 Å². The molecule has 4 nitrogen and oxygen atoms in total. The number of methoxy groups -OCH3 is 1. The fourth-order valence-corrected chi connectivity index (χ4v) is 2.48. The first-order chi connectivity index (χ1) is 10.6. The van der Waals surface area contributed by atoms with Crippen LogP contribution in [0.5, 0.6) is 5.75 Å². The van der Waals surface area contributed by atoms with Crippen molar-refractivity contribution in [3.63, 3.8) is 0 Å². The summed E-state index contributed by atoms with van der Waals surface area (Å²) in [6.07, 6.45) is 0. The van der Waals surface area contributed by atoms with Crippen LogP contribution in [0.25, 0.3) is 11.1 Å². The van der Waals surface area contributed by atoms with E-state index in [0.29, 0.717) is 22.5 Å². The van der Waals surface area contributed by atoms with Crippen LogP contribution in [0.3, 0.4) is 0 Å². The Hall–Kier alpha value is -2.88. The highest BCUT2D eigenvalue weighted by Crippen LogP contribution is 2.31. The van der Waals surface area contributed by atoms with Crippen molar-refractivity contribution in [1.29, 1.82) is 0 Å². The second-order valence-electron chi connectivity index (χ2n) is 5.13. The molecule has 2 aromatic carbocycles. The number of aryl methyl sites for hydroxylation is 1. The molecule has 1 aliphatic heterocycles. The van der Waals surface area contributed by atoms with Crippen LogP contribution in [-0.2, 0) is 9.59 Å². The molecule has 0 atom stereocenters. The van der Waals surface area contributed by atoms with Crippen LogP contribution < -0.4 is 10.1 Å². The molecule has 0 unspecified atom stereocenters. The molecule has 22 heavy (non-hydrogen) atoms. The molecule has 1 N–H and O–H groups in total. The van der Waals surface area contributed by atoms with E-state index in [4.69, 9.17) is 4.74 Å². The minimum atomic E-state index is -0.370. The molecule has 2 amide bonds. The van der Waals surface area contributed by atoms with Crippen LogP contribution in [0.15, 0.2) is 48.5 Å². The zero-order valence-corrected chi connectivity index (χ0v) is 12.3. The zero-order chi connectivity index (χ0) is 15.7. The summed E-state index contributed by atoms with van der Waals surface area (Å²) in [6, 6.07) is 14.6. The quantitative estimate of drug-likeness (QED) is 0.885. The molecule has 2 aromatic rings. The second-order valence-corrected chi connectivity index (χ2v) is 5.13. The highest BCUT2D eigenvalue weighted by atomic mass is 16.5.